The number of hydrogen-bond acceptors (Lipinski definition) is 2. The third-order valence-corrected chi connectivity index (χ3v) is 4.92. The van der Waals surface area contributed by atoms with Crippen LogP contribution >= 0.6 is 27.5 Å². The summed E-state index contributed by atoms with van der Waals surface area (Å²) < 4.78 is 0.983. The predicted molar refractivity (Wildman–Crippen MR) is 98.4 cm³/mol. The number of anilines is 1. The number of nitrogens with zero attached hydrogens (tertiary/aromatic N) is 2. The summed E-state index contributed by atoms with van der Waals surface area (Å²) in [5, 5.41) is 0.760. The van der Waals surface area contributed by atoms with Crippen LogP contribution in [0.3, 0.4) is 0 Å². The molecule has 0 spiro atoms. The van der Waals surface area contributed by atoms with Crippen molar-refractivity contribution in [1.29, 1.82) is 0 Å². The van der Waals surface area contributed by atoms with Crippen LogP contribution in [0.5, 0.6) is 0 Å². The second kappa shape index (κ2) is 6.93. The van der Waals surface area contributed by atoms with E-state index in [1.807, 2.05) is 41.3 Å². The highest BCUT2D eigenvalue weighted by Gasteiger charge is 2.22. The summed E-state index contributed by atoms with van der Waals surface area (Å²) in [6, 6.07) is 13.5. The van der Waals surface area contributed by atoms with Crippen molar-refractivity contribution in [2.45, 2.75) is 6.92 Å². The smallest absolute Gasteiger partial charge is 0.253 e. The Labute approximate surface area is 150 Å². The fourth-order valence-corrected chi connectivity index (χ4v) is 3.39. The molecule has 5 heteroatoms. The largest absolute Gasteiger partial charge is 0.368 e. The Morgan fingerprint density at radius 2 is 1.70 bits per heavy atom. The normalized spacial score (nSPS) is 14.9. The number of benzene rings is 2. The predicted octanol–water partition coefficient (Wildman–Crippen LogP) is 4.37. The molecule has 1 aliphatic rings. The van der Waals surface area contributed by atoms with Crippen molar-refractivity contribution in [3.8, 4) is 0 Å². The zero-order valence-corrected chi connectivity index (χ0v) is 15.3. The lowest BCUT2D eigenvalue weighted by molar-refractivity contribution is 0.0747. The van der Waals surface area contributed by atoms with Gasteiger partial charge in [-0.05, 0) is 55.0 Å². The zero-order valence-electron chi connectivity index (χ0n) is 12.9. The molecule has 1 aliphatic heterocycles. The standard InChI is InChI=1S/C18H18BrClN2O/c1-13-12-16(20)6-7-17(13)21-8-10-22(11-9-21)18(23)14-2-4-15(19)5-3-14/h2-7,12H,8-11H2,1H3. The average molecular weight is 394 g/mol. The Kier molecular flexibility index (Phi) is 4.93. The van der Waals surface area contributed by atoms with Gasteiger partial charge in [-0.25, -0.2) is 0 Å². The van der Waals surface area contributed by atoms with E-state index in [1.54, 1.807) is 0 Å². The Bertz CT molecular complexity index is 709. The van der Waals surface area contributed by atoms with Gasteiger partial charge in [-0.15, -0.1) is 0 Å². The first kappa shape index (κ1) is 16.3. The quantitative estimate of drug-likeness (QED) is 0.756. The van der Waals surface area contributed by atoms with Gasteiger partial charge in [0.05, 0.1) is 0 Å². The Morgan fingerprint density at radius 3 is 2.30 bits per heavy atom. The molecule has 0 N–H and O–H groups in total. The van der Waals surface area contributed by atoms with Crippen LogP contribution in [0.1, 0.15) is 15.9 Å². The number of halogens is 2. The summed E-state index contributed by atoms with van der Waals surface area (Å²) in [5.74, 6) is 0.102. The van der Waals surface area contributed by atoms with E-state index in [0.29, 0.717) is 0 Å². The SMILES string of the molecule is Cc1cc(Cl)ccc1N1CCN(C(=O)c2ccc(Br)cc2)CC1. The molecule has 0 aliphatic carbocycles. The van der Waals surface area contributed by atoms with Crippen molar-refractivity contribution in [3.05, 3.63) is 63.1 Å². The van der Waals surface area contributed by atoms with Crippen LogP contribution < -0.4 is 4.90 Å². The molecule has 120 valence electrons. The number of carbonyl (C=O) groups is 1. The molecule has 0 unspecified atom stereocenters. The maximum Gasteiger partial charge on any atom is 0.253 e. The van der Waals surface area contributed by atoms with E-state index in [0.717, 1.165) is 41.2 Å². The van der Waals surface area contributed by atoms with E-state index in [1.165, 1.54) is 11.3 Å². The highest BCUT2D eigenvalue weighted by Crippen LogP contribution is 2.25. The lowest BCUT2D eigenvalue weighted by atomic mass is 10.1. The summed E-state index contributed by atoms with van der Waals surface area (Å²) in [4.78, 5) is 16.8. The molecule has 1 heterocycles. The molecule has 0 atom stereocenters. The molecule has 1 saturated heterocycles. The monoisotopic (exact) mass is 392 g/mol. The molecule has 23 heavy (non-hydrogen) atoms. The number of hydrogen-bond donors (Lipinski definition) is 0. The second-order valence-corrected chi connectivity index (χ2v) is 7.07. The topological polar surface area (TPSA) is 23.6 Å². The maximum atomic E-state index is 12.5. The molecule has 0 saturated carbocycles. The van der Waals surface area contributed by atoms with Crippen LogP contribution in [0.15, 0.2) is 46.9 Å². The van der Waals surface area contributed by atoms with Crippen molar-refractivity contribution < 1.29 is 4.79 Å². The van der Waals surface area contributed by atoms with Crippen LogP contribution in [0, 0.1) is 6.92 Å². The van der Waals surface area contributed by atoms with Crippen LogP contribution in [0.2, 0.25) is 5.02 Å². The number of aryl methyl sites for hydroxylation is 1. The minimum atomic E-state index is 0.102. The lowest BCUT2D eigenvalue weighted by Crippen LogP contribution is -2.49. The fourth-order valence-electron chi connectivity index (χ4n) is 2.90. The molecule has 0 bridgehead atoms. The summed E-state index contributed by atoms with van der Waals surface area (Å²) in [5.41, 5.74) is 3.11. The third kappa shape index (κ3) is 3.70. The molecule has 1 fully saturated rings. The summed E-state index contributed by atoms with van der Waals surface area (Å²) in [6.45, 7) is 5.21. The highest BCUT2D eigenvalue weighted by molar-refractivity contribution is 9.10. The lowest BCUT2D eigenvalue weighted by Gasteiger charge is -2.37. The molecule has 3 rings (SSSR count). The van der Waals surface area contributed by atoms with Crippen molar-refractivity contribution in [2.24, 2.45) is 0 Å². The summed E-state index contributed by atoms with van der Waals surface area (Å²) in [6.07, 6.45) is 0. The molecule has 2 aromatic carbocycles. The number of rotatable bonds is 2. The van der Waals surface area contributed by atoms with E-state index < -0.39 is 0 Å². The average Bonchev–Trinajstić information content (AvgIpc) is 2.55. The molecular formula is C18H18BrClN2O. The first-order chi connectivity index (χ1) is 11.0. The van der Waals surface area contributed by atoms with Gasteiger partial charge in [-0.1, -0.05) is 27.5 Å². The maximum absolute atomic E-state index is 12.5. The van der Waals surface area contributed by atoms with Gasteiger partial charge < -0.3 is 9.80 Å². The van der Waals surface area contributed by atoms with Crippen LogP contribution in [-0.4, -0.2) is 37.0 Å². The molecule has 3 nitrogen and oxygen atoms in total. The molecule has 2 aromatic rings. The van der Waals surface area contributed by atoms with Gasteiger partial charge in [0.1, 0.15) is 0 Å². The van der Waals surface area contributed by atoms with Crippen molar-refractivity contribution in [2.75, 3.05) is 31.1 Å². The van der Waals surface area contributed by atoms with Crippen LogP contribution in [0.25, 0.3) is 0 Å². The van der Waals surface area contributed by atoms with Gasteiger partial charge in [0.25, 0.3) is 5.91 Å². The Morgan fingerprint density at radius 1 is 1.04 bits per heavy atom. The Balaban J connectivity index is 1.66. The first-order valence-corrected chi connectivity index (χ1v) is 8.77. The first-order valence-electron chi connectivity index (χ1n) is 7.60. The second-order valence-electron chi connectivity index (χ2n) is 5.72. The molecule has 1 amide bonds. The van der Waals surface area contributed by atoms with E-state index in [2.05, 4.69) is 33.8 Å². The minimum absolute atomic E-state index is 0.102. The van der Waals surface area contributed by atoms with Gasteiger partial charge in [-0.2, -0.15) is 0 Å². The van der Waals surface area contributed by atoms with Gasteiger partial charge in [0.15, 0.2) is 0 Å². The Hall–Kier alpha value is -1.52. The minimum Gasteiger partial charge on any atom is -0.368 e. The molecule has 0 radical (unpaired) electrons. The van der Waals surface area contributed by atoms with Gasteiger partial charge in [0.2, 0.25) is 0 Å². The van der Waals surface area contributed by atoms with E-state index >= 15 is 0 Å². The van der Waals surface area contributed by atoms with E-state index in [9.17, 15) is 4.79 Å². The highest BCUT2D eigenvalue weighted by atomic mass is 79.9. The third-order valence-electron chi connectivity index (χ3n) is 4.16. The van der Waals surface area contributed by atoms with Crippen molar-refractivity contribution in [3.63, 3.8) is 0 Å². The van der Waals surface area contributed by atoms with Gasteiger partial charge in [0, 0.05) is 46.9 Å². The zero-order chi connectivity index (χ0) is 16.4. The van der Waals surface area contributed by atoms with Gasteiger partial charge in [-0.3, -0.25) is 4.79 Å². The van der Waals surface area contributed by atoms with Crippen molar-refractivity contribution in [1.82, 2.24) is 4.90 Å². The van der Waals surface area contributed by atoms with Gasteiger partial charge >= 0.3 is 0 Å². The van der Waals surface area contributed by atoms with Crippen molar-refractivity contribution >= 4 is 39.1 Å². The summed E-state index contributed by atoms with van der Waals surface area (Å²) in [7, 11) is 0. The number of carbonyl (C=O) groups excluding carboxylic acids is 1. The van der Waals surface area contributed by atoms with E-state index in [4.69, 9.17) is 11.6 Å². The number of piperazine rings is 1. The fraction of sp³-hybridized carbons (Fsp3) is 0.278. The van der Waals surface area contributed by atoms with Crippen LogP contribution in [0.4, 0.5) is 5.69 Å². The number of amides is 1. The summed E-state index contributed by atoms with van der Waals surface area (Å²) >= 11 is 9.42. The molecule has 0 aromatic heterocycles. The molecular weight excluding hydrogens is 376 g/mol. The van der Waals surface area contributed by atoms with E-state index in [-0.39, 0.29) is 5.91 Å². The van der Waals surface area contributed by atoms with Crippen LogP contribution in [-0.2, 0) is 0 Å².